The number of rotatable bonds is 5. The first-order valence-corrected chi connectivity index (χ1v) is 5.75. The van der Waals surface area contributed by atoms with Crippen molar-refractivity contribution in [2.45, 2.75) is 25.8 Å². The highest BCUT2D eigenvalue weighted by Gasteiger charge is 2.11. The van der Waals surface area contributed by atoms with E-state index in [1.54, 1.807) is 18.3 Å². The van der Waals surface area contributed by atoms with E-state index in [0.717, 1.165) is 10.8 Å². The van der Waals surface area contributed by atoms with E-state index < -0.39 is 0 Å². The molecule has 78 valence electrons. The fourth-order valence-corrected chi connectivity index (χ4v) is 2.50. The van der Waals surface area contributed by atoms with E-state index in [4.69, 9.17) is 11.6 Å². The largest absolute Gasteiger partial charge is 0.312 e. The highest BCUT2D eigenvalue weighted by atomic mass is 35.5. The fraction of sp³-hybridized carbons (Fsp3) is 0.500. The van der Waals surface area contributed by atoms with Crippen LogP contribution in [0.3, 0.4) is 0 Å². The summed E-state index contributed by atoms with van der Waals surface area (Å²) >= 11 is 7.41. The molecule has 1 atom stereocenters. The quantitative estimate of drug-likeness (QED) is 0.844. The molecule has 1 aromatic rings. The van der Waals surface area contributed by atoms with Gasteiger partial charge in [-0.05, 0) is 32.5 Å². The maximum atomic E-state index is 10.9. The molecular weight excluding hydrogens is 218 g/mol. The van der Waals surface area contributed by atoms with E-state index in [0.29, 0.717) is 6.42 Å². The van der Waals surface area contributed by atoms with Crippen LogP contribution < -0.4 is 5.32 Å². The molecule has 0 fully saturated rings. The lowest BCUT2D eigenvalue weighted by Gasteiger charge is -2.12. The molecule has 0 amide bonds. The van der Waals surface area contributed by atoms with E-state index in [2.05, 4.69) is 5.32 Å². The third kappa shape index (κ3) is 3.40. The number of carbonyl (C=O) groups excluding carboxylic acids is 1. The second kappa shape index (κ2) is 5.49. The molecule has 0 aromatic carbocycles. The summed E-state index contributed by atoms with van der Waals surface area (Å²) in [5.41, 5.74) is 0. The van der Waals surface area contributed by atoms with E-state index in [1.807, 2.05) is 19.2 Å². The van der Waals surface area contributed by atoms with E-state index in [9.17, 15) is 4.79 Å². The monoisotopic (exact) mass is 231 g/mol. The second-order valence-electron chi connectivity index (χ2n) is 3.22. The van der Waals surface area contributed by atoms with Crippen molar-refractivity contribution in [2.75, 3.05) is 7.05 Å². The van der Waals surface area contributed by atoms with Gasteiger partial charge < -0.3 is 10.1 Å². The van der Waals surface area contributed by atoms with Gasteiger partial charge in [-0.2, -0.15) is 0 Å². The van der Waals surface area contributed by atoms with E-state index in [1.165, 1.54) is 4.88 Å². The van der Waals surface area contributed by atoms with Crippen LogP contribution in [0.15, 0.2) is 12.1 Å². The summed E-state index contributed by atoms with van der Waals surface area (Å²) < 4.78 is 0.795. The number of Topliss-reactive ketones (excluding diaryl/α,β-unsaturated/α-hetero) is 1. The third-order valence-corrected chi connectivity index (χ3v) is 3.42. The van der Waals surface area contributed by atoms with Crippen LogP contribution in [0.5, 0.6) is 0 Å². The lowest BCUT2D eigenvalue weighted by atomic mass is 10.1. The Morgan fingerprint density at radius 3 is 2.79 bits per heavy atom. The standard InChI is InChI=1S/C10H14ClNOS/c1-7(13)3-4-8(12-2)9-5-6-10(11)14-9/h5-6,8,12H,3-4H2,1-2H3. The number of nitrogens with one attached hydrogen (secondary N) is 1. The smallest absolute Gasteiger partial charge is 0.129 e. The van der Waals surface area contributed by atoms with Gasteiger partial charge in [-0.15, -0.1) is 11.3 Å². The molecule has 1 aromatic heterocycles. The van der Waals surface area contributed by atoms with Crippen LogP contribution in [0.1, 0.15) is 30.7 Å². The molecule has 1 rings (SSSR count). The Morgan fingerprint density at radius 2 is 2.36 bits per heavy atom. The Balaban J connectivity index is 2.58. The number of ketones is 1. The Bertz CT molecular complexity index is 311. The summed E-state index contributed by atoms with van der Waals surface area (Å²) in [7, 11) is 1.90. The fourth-order valence-electron chi connectivity index (χ4n) is 1.29. The molecule has 1 heterocycles. The SMILES string of the molecule is CNC(CCC(C)=O)c1ccc(Cl)s1. The van der Waals surface area contributed by atoms with Gasteiger partial charge in [0.25, 0.3) is 0 Å². The lowest BCUT2D eigenvalue weighted by Crippen LogP contribution is -2.15. The minimum absolute atomic E-state index is 0.230. The first-order chi connectivity index (χ1) is 6.63. The number of thiophene rings is 1. The zero-order valence-corrected chi connectivity index (χ0v) is 9.91. The van der Waals surface area contributed by atoms with Gasteiger partial charge in [0.2, 0.25) is 0 Å². The minimum Gasteiger partial charge on any atom is -0.312 e. The van der Waals surface area contributed by atoms with Gasteiger partial charge in [0, 0.05) is 17.3 Å². The number of hydrogen-bond donors (Lipinski definition) is 1. The molecule has 1 unspecified atom stereocenters. The number of hydrogen-bond acceptors (Lipinski definition) is 3. The average molecular weight is 232 g/mol. The summed E-state index contributed by atoms with van der Waals surface area (Å²) in [5.74, 6) is 0.230. The van der Waals surface area contributed by atoms with Crippen molar-refractivity contribution in [1.29, 1.82) is 0 Å². The van der Waals surface area contributed by atoms with Gasteiger partial charge in [-0.1, -0.05) is 11.6 Å². The maximum Gasteiger partial charge on any atom is 0.129 e. The average Bonchev–Trinajstić information content (AvgIpc) is 2.53. The van der Waals surface area contributed by atoms with Crippen molar-refractivity contribution >= 4 is 28.7 Å². The summed E-state index contributed by atoms with van der Waals surface area (Å²) in [5, 5.41) is 3.19. The van der Waals surface area contributed by atoms with Crippen molar-refractivity contribution < 1.29 is 4.79 Å². The Morgan fingerprint density at radius 1 is 1.64 bits per heavy atom. The van der Waals surface area contributed by atoms with Crippen molar-refractivity contribution in [2.24, 2.45) is 0 Å². The summed E-state index contributed by atoms with van der Waals surface area (Å²) in [6.45, 7) is 1.62. The molecule has 14 heavy (non-hydrogen) atoms. The third-order valence-electron chi connectivity index (χ3n) is 2.07. The van der Waals surface area contributed by atoms with Crippen LogP contribution in [0.2, 0.25) is 4.34 Å². The molecule has 4 heteroatoms. The van der Waals surface area contributed by atoms with Gasteiger partial charge in [0.05, 0.1) is 4.34 Å². The second-order valence-corrected chi connectivity index (χ2v) is 4.97. The molecule has 0 aliphatic heterocycles. The first-order valence-electron chi connectivity index (χ1n) is 4.55. The predicted octanol–water partition coefficient (Wildman–Crippen LogP) is 3.03. The van der Waals surface area contributed by atoms with Crippen LogP contribution in [-0.2, 0) is 4.79 Å². The number of carbonyl (C=O) groups is 1. The molecule has 2 nitrogen and oxygen atoms in total. The molecular formula is C10H14ClNOS. The van der Waals surface area contributed by atoms with Crippen LogP contribution in [0.25, 0.3) is 0 Å². The molecule has 0 saturated heterocycles. The van der Waals surface area contributed by atoms with Gasteiger partial charge >= 0.3 is 0 Å². The normalized spacial score (nSPS) is 12.8. The molecule has 0 aliphatic rings. The Kier molecular flexibility index (Phi) is 4.58. The summed E-state index contributed by atoms with van der Waals surface area (Å²) in [6.07, 6.45) is 1.45. The minimum atomic E-state index is 0.230. The zero-order chi connectivity index (χ0) is 10.6. The van der Waals surface area contributed by atoms with Gasteiger partial charge in [0.15, 0.2) is 0 Å². The predicted molar refractivity (Wildman–Crippen MR) is 61.0 cm³/mol. The van der Waals surface area contributed by atoms with Crippen LogP contribution in [-0.4, -0.2) is 12.8 Å². The highest BCUT2D eigenvalue weighted by molar-refractivity contribution is 7.16. The maximum absolute atomic E-state index is 10.9. The summed E-state index contributed by atoms with van der Waals surface area (Å²) in [4.78, 5) is 12.0. The number of halogens is 1. The molecule has 0 saturated carbocycles. The van der Waals surface area contributed by atoms with Crippen molar-refractivity contribution in [3.63, 3.8) is 0 Å². The van der Waals surface area contributed by atoms with E-state index in [-0.39, 0.29) is 11.8 Å². The van der Waals surface area contributed by atoms with E-state index >= 15 is 0 Å². The molecule has 0 radical (unpaired) electrons. The Labute approximate surface area is 93.3 Å². The van der Waals surface area contributed by atoms with Crippen molar-refractivity contribution in [1.82, 2.24) is 5.32 Å². The molecule has 0 bridgehead atoms. The molecule has 1 N–H and O–H groups in total. The summed E-state index contributed by atoms with van der Waals surface area (Å²) in [6, 6.07) is 4.14. The zero-order valence-electron chi connectivity index (χ0n) is 8.34. The topological polar surface area (TPSA) is 29.1 Å². The Hall–Kier alpha value is -0.380. The van der Waals surface area contributed by atoms with Crippen LogP contribution >= 0.6 is 22.9 Å². The van der Waals surface area contributed by atoms with Crippen LogP contribution in [0.4, 0.5) is 0 Å². The van der Waals surface area contributed by atoms with Gasteiger partial charge in [0.1, 0.15) is 5.78 Å². The molecule has 0 spiro atoms. The van der Waals surface area contributed by atoms with Crippen molar-refractivity contribution in [3.8, 4) is 0 Å². The molecule has 0 aliphatic carbocycles. The first kappa shape index (κ1) is 11.7. The van der Waals surface area contributed by atoms with Gasteiger partial charge in [-0.3, -0.25) is 0 Å². The van der Waals surface area contributed by atoms with Gasteiger partial charge in [-0.25, -0.2) is 0 Å². The highest BCUT2D eigenvalue weighted by Crippen LogP contribution is 2.29. The van der Waals surface area contributed by atoms with Crippen molar-refractivity contribution in [3.05, 3.63) is 21.3 Å². The lowest BCUT2D eigenvalue weighted by molar-refractivity contribution is -0.117. The van der Waals surface area contributed by atoms with Crippen LogP contribution in [0, 0.1) is 0 Å².